The predicted octanol–water partition coefficient (Wildman–Crippen LogP) is 0.188. The van der Waals surface area contributed by atoms with E-state index in [-0.39, 0.29) is 25.6 Å². The first-order valence-corrected chi connectivity index (χ1v) is 4.92. The van der Waals surface area contributed by atoms with Gasteiger partial charge in [-0.15, -0.1) is 0 Å². The van der Waals surface area contributed by atoms with E-state index in [2.05, 4.69) is 0 Å². The van der Waals surface area contributed by atoms with Gasteiger partial charge in [-0.2, -0.15) is 0 Å². The van der Waals surface area contributed by atoms with E-state index < -0.39 is 17.5 Å². The zero-order valence-corrected chi connectivity index (χ0v) is 9.28. The lowest BCUT2D eigenvalue weighted by Gasteiger charge is -2.25. The Kier molecular flexibility index (Phi) is 3.87. The molecule has 0 atom stereocenters. The molecule has 0 aliphatic carbocycles. The van der Waals surface area contributed by atoms with Crippen molar-refractivity contribution >= 4 is 17.9 Å². The van der Waals surface area contributed by atoms with Crippen molar-refractivity contribution in [3.63, 3.8) is 0 Å². The number of hydrogen-bond acceptors (Lipinski definition) is 6. The molecule has 0 aromatic heterocycles. The summed E-state index contributed by atoms with van der Waals surface area (Å²) in [6.07, 6.45) is 0.620. The number of cyclic esters (lactones) is 1. The molecule has 0 bridgehead atoms. The molecule has 1 aliphatic heterocycles. The molecule has 0 radical (unpaired) electrons. The molecular formula is C10H14O6. The van der Waals surface area contributed by atoms with E-state index in [0.717, 1.165) is 0 Å². The van der Waals surface area contributed by atoms with Crippen molar-refractivity contribution in [3.8, 4) is 0 Å². The highest BCUT2D eigenvalue weighted by Crippen LogP contribution is 2.27. The van der Waals surface area contributed by atoms with Crippen LogP contribution in [0.25, 0.3) is 0 Å². The zero-order chi connectivity index (χ0) is 12.2. The van der Waals surface area contributed by atoms with Crippen molar-refractivity contribution < 1.29 is 28.6 Å². The average molecular weight is 230 g/mol. The summed E-state index contributed by atoms with van der Waals surface area (Å²) >= 11 is 0. The van der Waals surface area contributed by atoms with Gasteiger partial charge in [-0.3, -0.25) is 14.4 Å². The van der Waals surface area contributed by atoms with Crippen LogP contribution in [0.4, 0.5) is 0 Å². The number of esters is 3. The molecule has 0 N–H and O–H groups in total. The Hall–Kier alpha value is -1.59. The second kappa shape index (κ2) is 4.96. The Balaban J connectivity index is 2.57. The molecule has 1 heterocycles. The van der Waals surface area contributed by atoms with Crippen molar-refractivity contribution in [3.05, 3.63) is 0 Å². The van der Waals surface area contributed by atoms with Crippen molar-refractivity contribution in [2.24, 2.45) is 0 Å². The van der Waals surface area contributed by atoms with Crippen molar-refractivity contribution in [1.82, 2.24) is 0 Å². The maximum atomic E-state index is 11.0. The Morgan fingerprint density at radius 2 is 1.75 bits per heavy atom. The van der Waals surface area contributed by atoms with E-state index in [1.807, 2.05) is 0 Å². The van der Waals surface area contributed by atoms with E-state index in [1.165, 1.54) is 13.8 Å². The van der Waals surface area contributed by atoms with Crippen LogP contribution in [0.5, 0.6) is 0 Å². The minimum Gasteiger partial charge on any atom is -0.461 e. The van der Waals surface area contributed by atoms with Crippen LogP contribution < -0.4 is 0 Å². The quantitative estimate of drug-likeness (QED) is 0.506. The average Bonchev–Trinajstić information content (AvgIpc) is 2.55. The monoisotopic (exact) mass is 230 g/mol. The molecule has 1 rings (SSSR count). The third kappa shape index (κ3) is 3.52. The van der Waals surface area contributed by atoms with Gasteiger partial charge in [-0.05, 0) is 0 Å². The second-order valence-corrected chi connectivity index (χ2v) is 3.72. The first kappa shape index (κ1) is 12.5. The van der Waals surface area contributed by atoms with Crippen LogP contribution >= 0.6 is 0 Å². The minimum absolute atomic E-state index is 0.0820. The number of hydrogen-bond donors (Lipinski definition) is 0. The molecule has 6 heteroatoms. The highest BCUT2D eigenvalue weighted by Gasteiger charge is 2.42. The third-order valence-corrected chi connectivity index (χ3v) is 2.19. The van der Waals surface area contributed by atoms with Crippen LogP contribution in [0.15, 0.2) is 0 Å². The largest absolute Gasteiger partial charge is 0.461 e. The lowest BCUT2D eigenvalue weighted by molar-refractivity contribution is -0.172. The molecule has 1 saturated heterocycles. The number of rotatable bonds is 4. The molecule has 90 valence electrons. The standard InChI is InChI=1S/C10H14O6/c1-7(11)14-5-10(6-15-8(2)12)4-3-9(13)16-10/h3-6H2,1-2H3. The molecule has 0 saturated carbocycles. The lowest BCUT2D eigenvalue weighted by Crippen LogP contribution is -2.40. The fourth-order valence-corrected chi connectivity index (χ4v) is 1.38. The fraction of sp³-hybridized carbons (Fsp3) is 0.700. The van der Waals surface area contributed by atoms with Crippen LogP contribution in [0.1, 0.15) is 26.7 Å². The van der Waals surface area contributed by atoms with Crippen LogP contribution in [0.2, 0.25) is 0 Å². The number of ether oxygens (including phenoxy) is 3. The molecule has 0 aromatic rings. The molecule has 0 spiro atoms. The third-order valence-electron chi connectivity index (χ3n) is 2.19. The summed E-state index contributed by atoms with van der Waals surface area (Å²) in [5.41, 5.74) is -1.01. The summed E-state index contributed by atoms with van der Waals surface area (Å²) in [6.45, 7) is 2.36. The molecule has 1 fully saturated rings. The summed E-state index contributed by atoms with van der Waals surface area (Å²) in [7, 11) is 0. The number of carbonyl (C=O) groups is 3. The van der Waals surface area contributed by atoms with Gasteiger partial charge in [0.2, 0.25) is 0 Å². The SMILES string of the molecule is CC(=O)OCC1(COC(C)=O)CCC(=O)O1. The second-order valence-electron chi connectivity index (χ2n) is 3.72. The van der Waals surface area contributed by atoms with Gasteiger partial charge < -0.3 is 14.2 Å². The molecular weight excluding hydrogens is 216 g/mol. The van der Waals surface area contributed by atoms with Gasteiger partial charge in [0.05, 0.1) is 0 Å². The molecule has 1 aliphatic rings. The highest BCUT2D eigenvalue weighted by atomic mass is 16.6. The normalized spacial score (nSPS) is 17.8. The summed E-state index contributed by atoms with van der Waals surface area (Å²) in [4.78, 5) is 32.4. The summed E-state index contributed by atoms with van der Waals surface area (Å²) in [6, 6.07) is 0. The fourth-order valence-electron chi connectivity index (χ4n) is 1.38. The van der Waals surface area contributed by atoms with E-state index in [4.69, 9.17) is 14.2 Å². The summed E-state index contributed by atoms with van der Waals surface area (Å²) in [5.74, 6) is -1.31. The van der Waals surface area contributed by atoms with Crippen LogP contribution in [0.3, 0.4) is 0 Å². The smallest absolute Gasteiger partial charge is 0.306 e. The van der Waals surface area contributed by atoms with Gasteiger partial charge in [0.15, 0.2) is 5.60 Å². The van der Waals surface area contributed by atoms with E-state index in [1.54, 1.807) is 0 Å². The molecule has 0 unspecified atom stereocenters. The first-order valence-electron chi connectivity index (χ1n) is 4.92. The Morgan fingerprint density at radius 1 is 1.25 bits per heavy atom. The van der Waals surface area contributed by atoms with Crippen molar-refractivity contribution in [2.45, 2.75) is 32.3 Å². The zero-order valence-electron chi connectivity index (χ0n) is 9.28. The van der Waals surface area contributed by atoms with E-state index >= 15 is 0 Å². The topological polar surface area (TPSA) is 78.9 Å². The van der Waals surface area contributed by atoms with E-state index in [9.17, 15) is 14.4 Å². The van der Waals surface area contributed by atoms with Gasteiger partial charge in [-0.1, -0.05) is 0 Å². The minimum atomic E-state index is -1.01. The number of carbonyl (C=O) groups excluding carboxylic acids is 3. The molecule has 16 heavy (non-hydrogen) atoms. The molecule has 0 amide bonds. The van der Waals surface area contributed by atoms with Gasteiger partial charge in [0, 0.05) is 26.7 Å². The van der Waals surface area contributed by atoms with Gasteiger partial charge in [0.25, 0.3) is 0 Å². The Labute approximate surface area is 92.8 Å². The van der Waals surface area contributed by atoms with Gasteiger partial charge in [0.1, 0.15) is 13.2 Å². The highest BCUT2D eigenvalue weighted by molar-refractivity contribution is 5.73. The Morgan fingerprint density at radius 3 is 2.06 bits per heavy atom. The van der Waals surface area contributed by atoms with Gasteiger partial charge in [-0.25, -0.2) is 0 Å². The molecule has 6 nitrogen and oxygen atoms in total. The van der Waals surface area contributed by atoms with Crippen molar-refractivity contribution in [1.29, 1.82) is 0 Å². The van der Waals surface area contributed by atoms with Crippen molar-refractivity contribution in [2.75, 3.05) is 13.2 Å². The summed E-state index contributed by atoms with van der Waals surface area (Å²) < 4.78 is 14.7. The maximum absolute atomic E-state index is 11.0. The predicted molar refractivity (Wildman–Crippen MR) is 51.3 cm³/mol. The van der Waals surface area contributed by atoms with Crippen LogP contribution in [0, 0.1) is 0 Å². The lowest BCUT2D eigenvalue weighted by atomic mass is 10.0. The van der Waals surface area contributed by atoms with Crippen LogP contribution in [-0.4, -0.2) is 36.7 Å². The van der Waals surface area contributed by atoms with Crippen LogP contribution in [-0.2, 0) is 28.6 Å². The van der Waals surface area contributed by atoms with Gasteiger partial charge >= 0.3 is 17.9 Å². The Bertz CT molecular complexity index is 290. The first-order chi connectivity index (χ1) is 7.43. The maximum Gasteiger partial charge on any atom is 0.306 e. The summed E-state index contributed by atoms with van der Waals surface area (Å²) in [5, 5.41) is 0. The molecule has 0 aromatic carbocycles. The van der Waals surface area contributed by atoms with E-state index in [0.29, 0.717) is 6.42 Å².